The number of hydrogen-bond donors (Lipinski definition) is 0. The van der Waals surface area contributed by atoms with Gasteiger partial charge in [0.2, 0.25) is 0 Å². The minimum absolute atomic E-state index is 0.854. The molecule has 0 N–H and O–H groups in total. The van der Waals surface area contributed by atoms with Crippen LogP contribution in [-0.4, -0.2) is 57.8 Å². The fraction of sp³-hybridized carbons (Fsp3) is 0.316. The minimum Gasteiger partial charge on any atom is -0.369 e. The summed E-state index contributed by atoms with van der Waals surface area (Å²) in [6.45, 7) is 5.25. The lowest BCUT2D eigenvalue weighted by atomic mass is 10.2. The van der Waals surface area contributed by atoms with Gasteiger partial charge in [0, 0.05) is 44.8 Å². The summed E-state index contributed by atoms with van der Waals surface area (Å²) >= 11 is 0. The van der Waals surface area contributed by atoms with Crippen molar-refractivity contribution in [1.29, 1.82) is 0 Å². The van der Waals surface area contributed by atoms with E-state index in [2.05, 4.69) is 55.7 Å². The van der Waals surface area contributed by atoms with Gasteiger partial charge < -0.3 is 4.90 Å². The Morgan fingerprint density at radius 1 is 0.760 bits per heavy atom. The first-order valence-corrected chi connectivity index (χ1v) is 8.75. The van der Waals surface area contributed by atoms with E-state index in [0.29, 0.717) is 0 Å². The van der Waals surface area contributed by atoms with E-state index in [1.54, 1.807) is 0 Å². The quantitative estimate of drug-likeness (QED) is 0.714. The molecule has 0 unspecified atom stereocenters. The van der Waals surface area contributed by atoms with Gasteiger partial charge >= 0.3 is 0 Å². The SMILES string of the molecule is c1ccc(N2CCN(CCc3nnnn3-c3ccccc3)CC2)cc1. The predicted octanol–water partition coefficient (Wildman–Crippen LogP) is 2.03. The highest BCUT2D eigenvalue weighted by molar-refractivity contribution is 5.46. The van der Waals surface area contributed by atoms with E-state index in [1.165, 1.54) is 5.69 Å². The van der Waals surface area contributed by atoms with Crippen molar-refractivity contribution in [2.75, 3.05) is 37.6 Å². The third-order valence-corrected chi connectivity index (χ3v) is 4.68. The Bertz CT molecular complexity index is 778. The third-order valence-electron chi connectivity index (χ3n) is 4.68. The number of piperazine rings is 1. The molecule has 0 atom stereocenters. The van der Waals surface area contributed by atoms with Gasteiger partial charge in [-0.25, -0.2) is 0 Å². The van der Waals surface area contributed by atoms with Crippen LogP contribution in [0.3, 0.4) is 0 Å². The number of rotatable bonds is 5. The maximum Gasteiger partial charge on any atom is 0.157 e. The molecule has 1 aromatic heterocycles. The average molecular weight is 334 g/mol. The van der Waals surface area contributed by atoms with Gasteiger partial charge in [-0.05, 0) is 34.7 Å². The van der Waals surface area contributed by atoms with E-state index >= 15 is 0 Å². The molecule has 6 nitrogen and oxygen atoms in total. The molecular weight excluding hydrogens is 312 g/mol. The van der Waals surface area contributed by atoms with Crippen LogP contribution in [0.25, 0.3) is 5.69 Å². The van der Waals surface area contributed by atoms with Crippen LogP contribution in [0.4, 0.5) is 5.69 Å². The number of para-hydroxylation sites is 2. The van der Waals surface area contributed by atoms with Crippen LogP contribution >= 0.6 is 0 Å². The van der Waals surface area contributed by atoms with Gasteiger partial charge in [0.05, 0.1) is 5.69 Å². The van der Waals surface area contributed by atoms with Gasteiger partial charge in [0.15, 0.2) is 5.82 Å². The highest BCUT2D eigenvalue weighted by Gasteiger charge is 2.18. The van der Waals surface area contributed by atoms with E-state index in [0.717, 1.165) is 50.7 Å². The second kappa shape index (κ2) is 7.44. The number of tetrazole rings is 1. The van der Waals surface area contributed by atoms with Crippen LogP contribution in [0.2, 0.25) is 0 Å². The summed E-state index contributed by atoms with van der Waals surface area (Å²) in [7, 11) is 0. The fourth-order valence-electron chi connectivity index (χ4n) is 3.26. The van der Waals surface area contributed by atoms with Crippen molar-refractivity contribution in [2.45, 2.75) is 6.42 Å². The first kappa shape index (κ1) is 15.8. The van der Waals surface area contributed by atoms with Crippen LogP contribution in [0.15, 0.2) is 60.7 Å². The Morgan fingerprint density at radius 2 is 1.40 bits per heavy atom. The first-order chi connectivity index (χ1) is 12.4. The average Bonchev–Trinajstić information content (AvgIpc) is 3.17. The molecule has 6 heteroatoms. The molecule has 1 aliphatic rings. The zero-order valence-electron chi connectivity index (χ0n) is 14.2. The highest BCUT2D eigenvalue weighted by Crippen LogP contribution is 2.16. The van der Waals surface area contributed by atoms with Crippen LogP contribution in [0, 0.1) is 0 Å². The largest absolute Gasteiger partial charge is 0.369 e. The molecule has 0 aliphatic carbocycles. The first-order valence-electron chi connectivity index (χ1n) is 8.75. The highest BCUT2D eigenvalue weighted by atomic mass is 15.5. The second-order valence-corrected chi connectivity index (χ2v) is 6.26. The van der Waals surface area contributed by atoms with Gasteiger partial charge in [-0.3, -0.25) is 4.90 Å². The number of nitrogens with zero attached hydrogens (tertiary/aromatic N) is 6. The summed E-state index contributed by atoms with van der Waals surface area (Å²) < 4.78 is 1.83. The molecule has 4 rings (SSSR count). The van der Waals surface area contributed by atoms with Crippen molar-refractivity contribution in [2.24, 2.45) is 0 Å². The lowest BCUT2D eigenvalue weighted by Gasteiger charge is -2.36. The topological polar surface area (TPSA) is 50.1 Å². The van der Waals surface area contributed by atoms with Crippen molar-refractivity contribution in [3.05, 3.63) is 66.5 Å². The molecule has 3 aromatic rings. The third kappa shape index (κ3) is 3.69. The number of anilines is 1. The lowest BCUT2D eigenvalue weighted by molar-refractivity contribution is 0.259. The zero-order chi connectivity index (χ0) is 16.9. The van der Waals surface area contributed by atoms with Crippen molar-refractivity contribution < 1.29 is 0 Å². The van der Waals surface area contributed by atoms with Gasteiger partial charge in [0.25, 0.3) is 0 Å². The molecule has 0 saturated carbocycles. The number of aromatic nitrogens is 4. The van der Waals surface area contributed by atoms with E-state index < -0.39 is 0 Å². The Balaban J connectivity index is 1.33. The monoisotopic (exact) mass is 334 g/mol. The number of benzene rings is 2. The Labute approximate surface area is 147 Å². The molecule has 2 aromatic carbocycles. The summed E-state index contributed by atoms with van der Waals surface area (Å²) in [6.07, 6.45) is 0.854. The van der Waals surface area contributed by atoms with Gasteiger partial charge in [-0.1, -0.05) is 36.4 Å². The molecular formula is C19H22N6. The fourth-order valence-corrected chi connectivity index (χ4v) is 3.26. The zero-order valence-corrected chi connectivity index (χ0v) is 14.2. The Hall–Kier alpha value is -2.73. The summed E-state index contributed by atoms with van der Waals surface area (Å²) in [5, 5.41) is 12.2. The second-order valence-electron chi connectivity index (χ2n) is 6.26. The van der Waals surface area contributed by atoms with Crippen molar-refractivity contribution in [3.63, 3.8) is 0 Å². The number of hydrogen-bond acceptors (Lipinski definition) is 5. The molecule has 0 radical (unpaired) electrons. The molecule has 0 spiro atoms. The maximum atomic E-state index is 4.20. The Morgan fingerprint density at radius 3 is 2.08 bits per heavy atom. The summed E-state index contributed by atoms with van der Waals surface area (Å²) in [6, 6.07) is 20.7. The standard InChI is InChI=1S/C19H22N6/c1-3-7-17(8-4-1)24-15-13-23(14-16-24)12-11-19-20-21-22-25(19)18-9-5-2-6-10-18/h1-10H,11-16H2. The minimum atomic E-state index is 0.854. The van der Waals surface area contributed by atoms with Gasteiger partial charge in [0.1, 0.15) is 0 Å². The molecule has 2 heterocycles. The molecule has 128 valence electrons. The maximum absolute atomic E-state index is 4.20. The molecule has 1 aliphatic heterocycles. The normalized spacial score (nSPS) is 15.4. The predicted molar refractivity (Wildman–Crippen MR) is 98.0 cm³/mol. The molecule has 0 amide bonds. The van der Waals surface area contributed by atoms with Crippen LogP contribution < -0.4 is 4.90 Å². The Kier molecular flexibility index (Phi) is 4.70. The lowest BCUT2D eigenvalue weighted by Crippen LogP contribution is -2.47. The van der Waals surface area contributed by atoms with Gasteiger partial charge in [-0.2, -0.15) is 4.68 Å². The molecule has 1 saturated heterocycles. The van der Waals surface area contributed by atoms with Crippen molar-refractivity contribution in [3.8, 4) is 5.69 Å². The molecule has 25 heavy (non-hydrogen) atoms. The summed E-state index contributed by atoms with van der Waals surface area (Å²) in [5.74, 6) is 0.914. The van der Waals surface area contributed by atoms with E-state index in [9.17, 15) is 0 Å². The molecule has 1 fully saturated rings. The van der Waals surface area contributed by atoms with Crippen LogP contribution in [0.1, 0.15) is 5.82 Å². The van der Waals surface area contributed by atoms with Gasteiger partial charge in [-0.15, -0.1) is 5.10 Å². The van der Waals surface area contributed by atoms with E-state index in [4.69, 9.17) is 0 Å². The van der Waals surface area contributed by atoms with Crippen molar-refractivity contribution >= 4 is 5.69 Å². The summed E-state index contributed by atoms with van der Waals surface area (Å²) in [4.78, 5) is 4.94. The summed E-state index contributed by atoms with van der Waals surface area (Å²) in [5.41, 5.74) is 2.33. The van der Waals surface area contributed by atoms with Crippen LogP contribution in [0.5, 0.6) is 0 Å². The van der Waals surface area contributed by atoms with E-state index in [1.807, 2.05) is 35.0 Å². The van der Waals surface area contributed by atoms with Crippen molar-refractivity contribution in [1.82, 2.24) is 25.1 Å². The molecule has 0 bridgehead atoms. The van der Waals surface area contributed by atoms with Crippen LogP contribution in [-0.2, 0) is 6.42 Å². The van der Waals surface area contributed by atoms with E-state index in [-0.39, 0.29) is 0 Å². The smallest absolute Gasteiger partial charge is 0.157 e.